The van der Waals surface area contributed by atoms with E-state index in [1.54, 1.807) is 0 Å². The normalized spacial score (nSPS) is 18.8. The van der Waals surface area contributed by atoms with E-state index in [2.05, 4.69) is 10.0 Å². The standard InChI is InChI=1S/C14H22N2O5S/c1-19-11-7-12(20-2)14(13(8-11)21-3)22(17,18)16-10-5-4-6-15-9-10/h7-8,10,15-16H,4-6,9H2,1-3H3/t10-/m1/s1. The number of benzene rings is 1. The van der Waals surface area contributed by atoms with Gasteiger partial charge in [-0.15, -0.1) is 0 Å². The topological polar surface area (TPSA) is 85.9 Å². The molecule has 0 unspecified atom stereocenters. The highest BCUT2D eigenvalue weighted by Crippen LogP contribution is 2.37. The molecule has 2 N–H and O–H groups in total. The molecular weight excluding hydrogens is 308 g/mol. The molecule has 1 saturated heterocycles. The van der Waals surface area contributed by atoms with Crippen molar-refractivity contribution < 1.29 is 22.6 Å². The molecular formula is C14H22N2O5S. The number of sulfonamides is 1. The quantitative estimate of drug-likeness (QED) is 0.800. The molecule has 22 heavy (non-hydrogen) atoms. The molecule has 1 atom stereocenters. The molecule has 7 nitrogen and oxygen atoms in total. The molecule has 0 saturated carbocycles. The van der Waals surface area contributed by atoms with Crippen molar-refractivity contribution in [1.29, 1.82) is 0 Å². The molecule has 2 rings (SSSR count). The monoisotopic (exact) mass is 330 g/mol. The van der Waals surface area contributed by atoms with E-state index in [9.17, 15) is 8.42 Å². The van der Waals surface area contributed by atoms with Crippen LogP contribution in [0, 0.1) is 0 Å². The number of nitrogens with one attached hydrogen (secondary N) is 2. The van der Waals surface area contributed by atoms with Crippen molar-refractivity contribution in [2.45, 2.75) is 23.8 Å². The predicted molar refractivity (Wildman–Crippen MR) is 82.3 cm³/mol. The molecule has 1 aliphatic heterocycles. The van der Waals surface area contributed by atoms with Gasteiger partial charge in [-0.05, 0) is 19.4 Å². The molecule has 0 aliphatic carbocycles. The van der Waals surface area contributed by atoms with Crippen molar-refractivity contribution in [3.8, 4) is 17.2 Å². The molecule has 8 heteroatoms. The average Bonchev–Trinajstić information content (AvgIpc) is 2.53. The van der Waals surface area contributed by atoms with E-state index in [0.29, 0.717) is 12.3 Å². The summed E-state index contributed by atoms with van der Waals surface area (Å²) < 4.78 is 43.7. The summed E-state index contributed by atoms with van der Waals surface area (Å²) in [6.07, 6.45) is 1.73. The zero-order valence-corrected chi connectivity index (χ0v) is 13.8. The SMILES string of the molecule is COc1cc(OC)c(S(=O)(=O)N[C@@H]2CCCNC2)c(OC)c1. The Bertz CT molecular complexity index is 587. The van der Waals surface area contributed by atoms with Gasteiger partial charge in [0, 0.05) is 24.7 Å². The summed E-state index contributed by atoms with van der Waals surface area (Å²) in [6.45, 7) is 1.52. The number of rotatable bonds is 6. The van der Waals surface area contributed by atoms with Crippen molar-refractivity contribution in [2.75, 3.05) is 34.4 Å². The zero-order valence-electron chi connectivity index (χ0n) is 13.0. The first kappa shape index (κ1) is 16.9. The first-order valence-electron chi connectivity index (χ1n) is 7.05. The van der Waals surface area contributed by atoms with Gasteiger partial charge in [-0.25, -0.2) is 13.1 Å². The highest BCUT2D eigenvalue weighted by molar-refractivity contribution is 7.89. The van der Waals surface area contributed by atoms with E-state index >= 15 is 0 Å². The van der Waals surface area contributed by atoms with Gasteiger partial charge < -0.3 is 19.5 Å². The summed E-state index contributed by atoms with van der Waals surface area (Å²) in [6, 6.07) is 2.90. The van der Waals surface area contributed by atoms with E-state index in [0.717, 1.165) is 19.4 Å². The van der Waals surface area contributed by atoms with Gasteiger partial charge in [-0.1, -0.05) is 0 Å². The molecule has 0 aromatic heterocycles. The Labute approximate surface area is 131 Å². The third-order valence-corrected chi connectivity index (χ3v) is 5.14. The average molecular weight is 330 g/mol. The van der Waals surface area contributed by atoms with Crippen LogP contribution in [0.25, 0.3) is 0 Å². The summed E-state index contributed by atoms with van der Waals surface area (Å²) in [5, 5.41) is 3.17. The third kappa shape index (κ3) is 3.63. The zero-order chi connectivity index (χ0) is 16.2. The van der Waals surface area contributed by atoms with Gasteiger partial charge in [0.05, 0.1) is 21.3 Å². The van der Waals surface area contributed by atoms with E-state index in [1.165, 1.54) is 33.5 Å². The fraction of sp³-hybridized carbons (Fsp3) is 0.571. The van der Waals surface area contributed by atoms with Crippen LogP contribution in [0.15, 0.2) is 17.0 Å². The molecule has 1 aromatic carbocycles. The molecule has 0 bridgehead atoms. The van der Waals surface area contributed by atoms with Crippen LogP contribution in [0.3, 0.4) is 0 Å². The van der Waals surface area contributed by atoms with E-state index in [-0.39, 0.29) is 22.4 Å². The lowest BCUT2D eigenvalue weighted by molar-refractivity contribution is 0.357. The molecule has 0 spiro atoms. The van der Waals surface area contributed by atoms with Crippen LogP contribution < -0.4 is 24.2 Å². The first-order chi connectivity index (χ1) is 10.5. The Balaban J connectivity index is 2.39. The fourth-order valence-corrected chi connectivity index (χ4v) is 4.04. The van der Waals surface area contributed by atoms with E-state index in [1.807, 2.05) is 0 Å². The summed E-state index contributed by atoms with van der Waals surface area (Å²) in [7, 11) is 0.553. The second-order valence-electron chi connectivity index (χ2n) is 5.03. The fourth-order valence-electron chi connectivity index (χ4n) is 2.47. The van der Waals surface area contributed by atoms with Crippen LogP contribution in [0.5, 0.6) is 17.2 Å². The van der Waals surface area contributed by atoms with Crippen molar-refractivity contribution in [3.63, 3.8) is 0 Å². The number of hydrogen-bond donors (Lipinski definition) is 2. The lowest BCUT2D eigenvalue weighted by Gasteiger charge is -2.24. The largest absolute Gasteiger partial charge is 0.496 e. The molecule has 1 heterocycles. The second-order valence-corrected chi connectivity index (χ2v) is 6.68. The van der Waals surface area contributed by atoms with Gasteiger partial charge in [0.25, 0.3) is 0 Å². The molecule has 124 valence electrons. The molecule has 1 fully saturated rings. The number of piperidine rings is 1. The van der Waals surface area contributed by atoms with Gasteiger partial charge in [-0.2, -0.15) is 0 Å². The van der Waals surface area contributed by atoms with Crippen LogP contribution in [-0.2, 0) is 10.0 Å². The summed E-state index contributed by atoms with van der Waals surface area (Å²) in [5.41, 5.74) is 0. The minimum absolute atomic E-state index is 0.0103. The minimum Gasteiger partial charge on any atom is -0.496 e. The molecule has 0 radical (unpaired) electrons. The van der Waals surface area contributed by atoms with Gasteiger partial charge in [-0.3, -0.25) is 0 Å². The van der Waals surface area contributed by atoms with Crippen LogP contribution >= 0.6 is 0 Å². The van der Waals surface area contributed by atoms with Crippen LogP contribution in [0.2, 0.25) is 0 Å². The Morgan fingerprint density at radius 2 is 1.77 bits per heavy atom. The Morgan fingerprint density at radius 3 is 2.23 bits per heavy atom. The van der Waals surface area contributed by atoms with Gasteiger partial charge in [0.15, 0.2) is 4.90 Å². The summed E-state index contributed by atoms with van der Waals surface area (Å²) in [5.74, 6) is 0.840. The second kappa shape index (κ2) is 7.17. The first-order valence-corrected chi connectivity index (χ1v) is 8.53. The molecule has 1 aliphatic rings. The van der Waals surface area contributed by atoms with Gasteiger partial charge in [0.2, 0.25) is 10.0 Å². The van der Waals surface area contributed by atoms with Crippen LogP contribution in [0.4, 0.5) is 0 Å². The lowest BCUT2D eigenvalue weighted by Crippen LogP contribution is -2.45. The van der Waals surface area contributed by atoms with Crippen LogP contribution in [-0.4, -0.2) is 48.9 Å². The van der Waals surface area contributed by atoms with Gasteiger partial charge >= 0.3 is 0 Å². The maximum absolute atomic E-state index is 12.7. The molecule has 0 amide bonds. The Morgan fingerprint density at radius 1 is 1.14 bits per heavy atom. The van der Waals surface area contributed by atoms with E-state index < -0.39 is 10.0 Å². The van der Waals surface area contributed by atoms with Crippen molar-refractivity contribution in [1.82, 2.24) is 10.0 Å². The summed E-state index contributed by atoms with van der Waals surface area (Å²) >= 11 is 0. The number of ether oxygens (including phenoxy) is 3. The van der Waals surface area contributed by atoms with Crippen molar-refractivity contribution in [3.05, 3.63) is 12.1 Å². The molecule has 1 aromatic rings. The predicted octanol–water partition coefficient (Wildman–Crippen LogP) is 0.743. The summed E-state index contributed by atoms with van der Waals surface area (Å²) in [4.78, 5) is -0.0103. The number of hydrogen-bond acceptors (Lipinski definition) is 6. The third-order valence-electron chi connectivity index (χ3n) is 3.56. The Hall–Kier alpha value is -1.51. The minimum atomic E-state index is -3.77. The lowest BCUT2D eigenvalue weighted by atomic mass is 10.1. The highest BCUT2D eigenvalue weighted by Gasteiger charge is 2.29. The van der Waals surface area contributed by atoms with Crippen molar-refractivity contribution in [2.24, 2.45) is 0 Å². The Kier molecular flexibility index (Phi) is 5.49. The van der Waals surface area contributed by atoms with Crippen LogP contribution in [0.1, 0.15) is 12.8 Å². The maximum Gasteiger partial charge on any atom is 0.248 e. The highest BCUT2D eigenvalue weighted by atomic mass is 32.2. The van der Waals surface area contributed by atoms with E-state index in [4.69, 9.17) is 14.2 Å². The number of methoxy groups -OCH3 is 3. The maximum atomic E-state index is 12.7. The smallest absolute Gasteiger partial charge is 0.248 e. The van der Waals surface area contributed by atoms with Gasteiger partial charge in [0.1, 0.15) is 17.2 Å². The van der Waals surface area contributed by atoms with Crippen molar-refractivity contribution >= 4 is 10.0 Å².